The van der Waals surface area contributed by atoms with E-state index in [1.165, 1.54) is 19.3 Å². The number of esters is 1. The molecule has 0 N–H and O–H groups in total. The maximum atomic E-state index is 13.5. The summed E-state index contributed by atoms with van der Waals surface area (Å²) in [5, 5.41) is 0. The second-order valence-electron chi connectivity index (χ2n) is 25.3. The summed E-state index contributed by atoms with van der Waals surface area (Å²) >= 11 is 0. The van der Waals surface area contributed by atoms with Crippen molar-refractivity contribution in [3.63, 3.8) is 0 Å². The average Bonchev–Trinajstić information content (AvgIpc) is 3.91. The third kappa shape index (κ3) is 2.51. The van der Waals surface area contributed by atoms with Crippen LogP contribution in [0.5, 0.6) is 0 Å². The van der Waals surface area contributed by atoms with Crippen molar-refractivity contribution < 1.29 is 9.53 Å². The highest BCUT2D eigenvalue weighted by molar-refractivity contribution is 5.71. The number of carbonyl (C=O) groups is 1. The predicted molar refractivity (Wildman–Crippen MR) is 212 cm³/mol. The van der Waals surface area contributed by atoms with Gasteiger partial charge in [-0.2, -0.15) is 0 Å². The lowest BCUT2D eigenvalue weighted by molar-refractivity contribution is -0.149. The first kappa shape index (κ1) is 30.2. The minimum Gasteiger partial charge on any atom is -0.466 e. The van der Waals surface area contributed by atoms with E-state index in [0.717, 1.165) is 173 Å². The highest BCUT2D eigenvalue weighted by Gasteiger charge is 3.02. The summed E-state index contributed by atoms with van der Waals surface area (Å²) < 4.78 is 5.91. The lowest BCUT2D eigenvalue weighted by atomic mass is 9.43. The van der Waals surface area contributed by atoms with Gasteiger partial charge in [-0.15, -0.1) is 0 Å². The van der Waals surface area contributed by atoms with Crippen LogP contribution >= 0.6 is 0 Å². The molecule has 15 fully saturated rings. The molecule has 1 aromatic rings. The number of rotatable bonds is 8. The third-order valence-corrected chi connectivity index (χ3v) is 26.0. The van der Waals surface area contributed by atoms with E-state index >= 15 is 0 Å². The van der Waals surface area contributed by atoms with Crippen LogP contribution in [0.1, 0.15) is 89.5 Å². The predicted octanol–water partition coefficient (Wildman–Crippen LogP) is 10.2. The summed E-state index contributed by atoms with van der Waals surface area (Å²) in [5.41, 5.74) is 6.58. The Bertz CT molecular complexity index is 2150. The van der Waals surface area contributed by atoms with Gasteiger partial charge in [-0.05, 0) is 229 Å². The molecular formula is C54H62O2. The van der Waals surface area contributed by atoms with Crippen molar-refractivity contribution in [2.24, 2.45) is 165 Å². The third-order valence-electron chi connectivity index (χ3n) is 26.0. The molecule has 2 nitrogen and oxygen atoms in total. The lowest BCUT2D eigenvalue weighted by Gasteiger charge is -2.61. The number of allylic oxidation sites excluding steroid dienone is 4. The molecule has 0 aromatic heterocycles. The second kappa shape index (κ2) is 8.95. The fourth-order valence-electron chi connectivity index (χ4n) is 27.6. The molecule has 56 heavy (non-hydrogen) atoms. The summed E-state index contributed by atoms with van der Waals surface area (Å²) in [6.07, 6.45) is 22.4. The fourth-order valence-corrected chi connectivity index (χ4v) is 27.6. The summed E-state index contributed by atoms with van der Waals surface area (Å²) in [5.74, 6) is 27.4. The van der Waals surface area contributed by atoms with Gasteiger partial charge < -0.3 is 4.74 Å². The van der Waals surface area contributed by atoms with Gasteiger partial charge >= 0.3 is 5.97 Å². The minimum atomic E-state index is 0.0840. The Hall–Kier alpha value is -1.83. The Morgan fingerprint density at radius 3 is 1.96 bits per heavy atom. The van der Waals surface area contributed by atoms with Crippen LogP contribution < -0.4 is 0 Å². The Kier molecular flexibility index (Phi) is 4.83. The topological polar surface area (TPSA) is 26.3 Å². The molecule has 290 valence electrons. The molecule has 1 aromatic carbocycles. The fraction of sp³-hybridized carbons (Fsp3) is 0.796. The van der Waals surface area contributed by atoms with Crippen LogP contribution in [0.15, 0.2) is 53.6 Å². The van der Waals surface area contributed by atoms with Crippen molar-refractivity contribution in [3.8, 4) is 0 Å². The summed E-state index contributed by atoms with van der Waals surface area (Å²) in [6, 6.07) is 12.5. The first-order chi connectivity index (χ1) is 27.6. The Morgan fingerprint density at radius 1 is 0.643 bits per heavy atom. The van der Waals surface area contributed by atoms with E-state index in [1.807, 2.05) is 11.1 Å². The monoisotopic (exact) mass is 742 g/mol. The molecule has 0 bridgehead atoms. The van der Waals surface area contributed by atoms with Crippen molar-refractivity contribution >= 4 is 5.97 Å². The molecule has 2 heteroatoms. The van der Waals surface area contributed by atoms with E-state index in [2.05, 4.69) is 49.4 Å². The van der Waals surface area contributed by atoms with Crippen LogP contribution in [0, 0.1) is 165 Å². The average molecular weight is 743 g/mol. The van der Waals surface area contributed by atoms with Crippen molar-refractivity contribution in [1.82, 2.24) is 0 Å². The maximum Gasteiger partial charge on any atom is 0.305 e. The largest absolute Gasteiger partial charge is 0.466 e. The van der Waals surface area contributed by atoms with E-state index in [1.54, 1.807) is 37.7 Å². The van der Waals surface area contributed by atoms with Crippen LogP contribution in [0.4, 0.5) is 0 Å². The van der Waals surface area contributed by atoms with Crippen LogP contribution in [-0.2, 0) is 14.9 Å². The Balaban J connectivity index is 0.927. The number of ether oxygens (including phenoxy) is 1. The normalized spacial score (nSPS) is 68.2. The molecule has 0 heterocycles. The van der Waals surface area contributed by atoms with Crippen LogP contribution in [0.25, 0.3) is 0 Å². The highest BCUT2D eigenvalue weighted by atomic mass is 16.5. The number of carbonyl (C=O) groups excluding carboxylic acids is 1. The van der Waals surface area contributed by atoms with Gasteiger partial charge in [0.25, 0.3) is 0 Å². The summed E-state index contributed by atoms with van der Waals surface area (Å²) in [7, 11) is 0. The highest BCUT2D eigenvalue weighted by Crippen LogP contribution is 3.05. The zero-order chi connectivity index (χ0) is 35.7. The van der Waals surface area contributed by atoms with Crippen LogP contribution in [0.2, 0.25) is 0 Å². The Labute approximate surface area is 334 Å². The molecule has 0 saturated heterocycles. The van der Waals surface area contributed by atoms with Gasteiger partial charge in [-0.25, -0.2) is 0 Å². The van der Waals surface area contributed by atoms with Crippen LogP contribution in [0.3, 0.4) is 0 Å². The molecule has 18 rings (SSSR count). The van der Waals surface area contributed by atoms with Gasteiger partial charge in [-0.3, -0.25) is 4.79 Å². The quantitative estimate of drug-likeness (QED) is 0.196. The molecular weight excluding hydrogens is 681 g/mol. The second-order valence-corrected chi connectivity index (χ2v) is 25.3. The van der Waals surface area contributed by atoms with E-state index in [-0.39, 0.29) is 11.4 Å². The van der Waals surface area contributed by atoms with E-state index < -0.39 is 0 Å². The van der Waals surface area contributed by atoms with E-state index in [0.29, 0.717) is 23.9 Å². The van der Waals surface area contributed by atoms with Crippen molar-refractivity contribution in [2.45, 2.75) is 89.4 Å². The van der Waals surface area contributed by atoms with Crippen molar-refractivity contribution in [3.05, 3.63) is 59.2 Å². The summed E-state index contributed by atoms with van der Waals surface area (Å²) in [6.45, 7) is 2.82. The zero-order valence-corrected chi connectivity index (χ0v) is 33.6. The molecule has 2 spiro atoms. The van der Waals surface area contributed by atoms with E-state index in [9.17, 15) is 4.79 Å². The molecule has 15 saturated carbocycles. The molecule has 17 aliphatic carbocycles. The first-order valence-electron chi connectivity index (χ1n) is 25.3. The number of unbranched alkanes of at least 4 members (excludes halogenated alkanes) is 1. The first-order valence-corrected chi connectivity index (χ1v) is 25.3. The number of hydrogen-bond donors (Lipinski definition) is 0. The lowest BCUT2D eigenvalue weighted by Crippen LogP contribution is -2.58. The van der Waals surface area contributed by atoms with Gasteiger partial charge in [0.15, 0.2) is 0 Å². The van der Waals surface area contributed by atoms with Gasteiger partial charge in [0.2, 0.25) is 0 Å². The zero-order valence-electron chi connectivity index (χ0n) is 33.6. The Morgan fingerprint density at radius 2 is 1.23 bits per heavy atom. The molecule has 0 radical (unpaired) electrons. The SMILES string of the molecule is CCCCOC(=O)CCCC1(c2ccccc2)C23C4=CC5CC6CC7CC8CC9CC%10CC%11CC(=C4)C4C%12C%11C%10C%10C9C9C8C7C7C8C9C%10C%12C(C8C(C67)C512)C43. The molecule has 0 amide bonds. The molecule has 17 aliphatic rings. The van der Waals surface area contributed by atoms with Gasteiger partial charge in [-0.1, -0.05) is 61.4 Å². The van der Waals surface area contributed by atoms with Crippen LogP contribution in [-0.4, -0.2) is 12.6 Å². The number of benzene rings is 1. The molecule has 0 aliphatic heterocycles. The standard InChI is InChI=1S/C54H62O2/c1-2-3-12-56-32(55)10-7-11-52(29-8-5-4-6-9-29)53-30-19-27-17-24-13-22-15-26-16-23-14-25-18-28-20-31(21-30)54(52,53)51-39(28)43-36(25)34(23)41-37(26)40-33(22)35(24)42-38(27)50(53)48-46(42)44(40)45(41)47(43)49(48)51/h4-6,8-9,19,21-26,28,31,33-51H,2-3,7,10-18,20H2,1H3. The van der Waals surface area contributed by atoms with E-state index in [4.69, 9.17) is 4.74 Å². The molecule has 29 unspecified atom stereocenters. The number of hydrogen-bond acceptors (Lipinski definition) is 2. The van der Waals surface area contributed by atoms with Crippen molar-refractivity contribution in [2.75, 3.05) is 6.61 Å². The summed E-state index contributed by atoms with van der Waals surface area (Å²) in [4.78, 5) is 13.5. The molecule has 29 atom stereocenters. The smallest absolute Gasteiger partial charge is 0.305 e. The van der Waals surface area contributed by atoms with Gasteiger partial charge in [0.1, 0.15) is 0 Å². The van der Waals surface area contributed by atoms with Gasteiger partial charge in [0, 0.05) is 22.7 Å². The maximum absolute atomic E-state index is 13.5. The van der Waals surface area contributed by atoms with Crippen molar-refractivity contribution in [1.29, 1.82) is 0 Å². The van der Waals surface area contributed by atoms with Gasteiger partial charge in [0.05, 0.1) is 6.61 Å². The minimum absolute atomic E-state index is 0.0840.